The number of aliphatic hydroxyl groups is 1. The van der Waals surface area contributed by atoms with E-state index in [4.69, 9.17) is 4.74 Å². The van der Waals surface area contributed by atoms with E-state index in [2.05, 4.69) is 30.4 Å². The molecule has 1 saturated carbocycles. The van der Waals surface area contributed by atoms with E-state index in [-0.39, 0.29) is 6.10 Å². The van der Waals surface area contributed by atoms with Gasteiger partial charge in [0.1, 0.15) is 11.9 Å². The molecule has 104 valence electrons. The number of aliphatic hydroxyl groups excluding tert-OH is 1. The van der Waals surface area contributed by atoms with E-state index in [1.807, 2.05) is 0 Å². The summed E-state index contributed by atoms with van der Waals surface area (Å²) in [4.78, 5) is 0. The molecule has 1 aliphatic carbocycles. The van der Waals surface area contributed by atoms with Crippen molar-refractivity contribution in [3.8, 4) is 5.75 Å². The molecule has 0 bridgehead atoms. The van der Waals surface area contributed by atoms with E-state index in [1.165, 1.54) is 24.0 Å². The quantitative estimate of drug-likeness (QED) is 0.871. The molecule has 1 aromatic rings. The first-order chi connectivity index (χ1) is 9.26. The van der Waals surface area contributed by atoms with E-state index in [1.54, 1.807) is 0 Å². The molecule has 2 N–H and O–H groups in total. The third-order valence-electron chi connectivity index (χ3n) is 4.46. The number of rotatable bonds is 4. The lowest BCUT2D eigenvalue weighted by Gasteiger charge is -2.21. The predicted octanol–water partition coefficient (Wildman–Crippen LogP) is 2.05. The first-order valence-electron chi connectivity index (χ1n) is 7.36. The van der Waals surface area contributed by atoms with Gasteiger partial charge in [-0.15, -0.1) is 0 Å². The summed E-state index contributed by atoms with van der Waals surface area (Å²) in [5, 5.41) is 12.9. The topological polar surface area (TPSA) is 41.5 Å². The second kappa shape index (κ2) is 5.51. The Bertz CT molecular complexity index is 446. The molecule has 19 heavy (non-hydrogen) atoms. The van der Waals surface area contributed by atoms with Crippen LogP contribution in [0.3, 0.4) is 0 Å². The van der Waals surface area contributed by atoms with Crippen molar-refractivity contribution in [3.63, 3.8) is 0 Å². The van der Waals surface area contributed by atoms with E-state index in [9.17, 15) is 5.11 Å². The molecule has 1 aromatic carbocycles. The first-order valence-corrected chi connectivity index (χ1v) is 7.36. The fraction of sp³-hybridized carbons (Fsp3) is 0.625. The van der Waals surface area contributed by atoms with E-state index >= 15 is 0 Å². The summed E-state index contributed by atoms with van der Waals surface area (Å²) in [5.74, 6) is 1.48. The standard InChI is InChI=1S/C16H23NO2/c1-11-5-6-16-13(7-11)8-14(19-16)9-17-15-4-2-3-12(15)10-18/h5-7,12,14-15,17-18H,2-4,8-10H2,1H3. The molecule has 1 fully saturated rings. The highest BCUT2D eigenvalue weighted by atomic mass is 16.5. The van der Waals surface area contributed by atoms with Crippen LogP contribution in [0.15, 0.2) is 18.2 Å². The van der Waals surface area contributed by atoms with Gasteiger partial charge in [0.25, 0.3) is 0 Å². The molecule has 3 unspecified atom stereocenters. The van der Waals surface area contributed by atoms with Crippen molar-refractivity contribution in [1.82, 2.24) is 5.32 Å². The minimum Gasteiger partial charge on any atom is -0.488 e. The average molecular weight is 261 g/mol. The van der Waals surface area contributed by atoms with Gasteiger partial charge >= 0.3 is 0 Å². The number of nitrogens with one attached hydrogen (secondary N) is 1. The predicted molar refractivity (Wildman–Crippen MR) is 75.5 cm³/mol. The van der Waals surface area contributed by atoms with Gasteiger partial charge in [0, 0.05) is 25.6 Å². The third-order valence-corrected chi connectivity index (χ3v) is 4.46. The largest absolute Gasteiger partial charge is 0.488 e. The van der Waals surface area contributed by atoms with Crippen molar-refractivity contribution in [2.75, 3.05) is 13.2 Å². The van der Waals surface area contributed by atoms with Gasteiger partial charge in [-0.1, -0.05) is 24.1 Å². The van der Waals surface area contributed by atoms with Crippen LogP contribution in [0.2, 0.25) is 0 Å². The fourth-order valence-electron chi connectivity index (χ4n) is 3.37. The van der Waals surface area contributed by atoms with E-state index in [0.29, 0.717) is 18.6 Å². The fourth-order valence-corrected chi connectivity index (χ4v) is 3.37. The maximum atomic E-state index is 9.33. The Balaban J connectivity index is 1.53. The Morgan fingerprint density at radius 2 is 2.26 bits per heavy atom. The second-order valence-corrected chi connectivity index (χ2v) is 5.94. The Hall–Kier alpha value is -1.06. The summed E-state index contributed by atoms with van der Waals surface area (Å²) in [5.41, 5.74) is 2.63. The van der Waals surface area contributed by atoms with Crippen molar-refractivity contribution in [2.45, 2.75) is 44.8 Å². The molecule has 3 atom stereocenters. The zero-order chi connectivity index (χ0) is 13.2. The molecule has 1 heterocycles. The minimum atomic E-state index is 0.247. The summed E-state index contributed by atoms with van der Waals surface area (Å²) in [6.07, 6.45) is 4.81. The maximum absolute atomic E-state index is 9.33. The van der Waals surface area contributed by atoms with Crippen molar-refractivity contribution in [2.24, 2.45) is 5.92 Å². The molecule has 0 radical (unpaired) electrons. The van der Waals surface area contributed by atoms with Crippen LogP contribution in [0.25, 0.3) is 0 Å². The summed E-state index contributed by atoms with van der Waals surface area (Å²) in [6, 6.07) is 6.88. The van der Waals surface area contributed by atoms with Gasteiger partial charge in [-0.25, -0.2) is 0 Å². The van der Waals surface area contributed by atoms with Crippen LogP contribution < -0.4 is 10.1 Å². The lowest BCUT2D eigenvalue weighted by atomic mass is 10.0. The normalized spacial score (nSPS) is 29.3. The van der Waals surface area contributed by atoms with E-state index in [0.717, 1.165) is 25.1 Å². The Morgan fingerprint density at radius 3 is 3.11 bits per heavy atom. The summed E-state index contributed by atoms with van der Waals surface area (Å²) in [7, 11) is 0. The van der Waals surface area contributed by atoms with Crippen LogP contribution in [-0.2, 0) is 6.42 Å². The highest BCUT2D eigenvalue weighted by molar-refractivity contribution is 5.40. The van der Waals surface area contributed by atoms with Gasteiger partial charge < -0.3 is 15.2 Å². The van der Waals surface area contributed by atoms with Gasteiger partial charge in [0.2, 0.25) is 0 Å². The first kappa shape index (κ1) is 12.9. The van der Waals surface area contributed by atoms with Gasteiger partial charge in [0.15, 0.2) is 0 Å². The monoisotopic (exact) mass is 261 g/mol. The van der Waals surface area contributed by atoms with Gasteiger partial charge in [0.05, 0.1) is 0 Å². The molecular weight excluding hydrogens is 238 g/mol. The summed E-state index contributed by atoms with van der Waals surface area (Å²) in [6.45, 7) is 3.31. The molecule has 2 aliphatic rings. The number of ether oxygens (including phenoxy) is 1. The lowest BCUT2D eigenvalue weighted by molar-refractivity contribution is 0.184. The third kappa shape index (κ3) is 2.77. The van der Waals surface area contributed by atoms with E-state index < -0.39 is 0 Å². The Morgan fingerprint density at radius 1 is 1.37 bits per heavy atom. The van der Waals surface area contributed by atoms with Gasteiger partial charge in [-0.05, 0) is 37.3 Å². The Labute approximate surface area is 115 Å². The zero-order valence-electron chi connectivity index (χ0n) is 11.6. The van der Waals surface area contributed by atoms with Crippen LogP contribution in [0.4, 0.5) is 0 Å². The van der Waals surface area contributed by atoms with Crippen LogP contribution in [0, 0.1) is 12.8 Å². The van der Waals surface area contributed by atoms with Crippen molar-refractivity contribution in [1.29, 1.82) is 0 Å². The van der Waals surface area contributed by atoms with Crippen LogP contribution in [0.1, 0.15) is 30.4 Å². The molecular formula is C16H23NO2. The SMILES string of the molecule is Cc1ccc2c(c1)CC(CNC1CCCC1CO)O2. The molecule has 3 rings (SSSR count). The maximum Gasteiger partial charge on any atom is 0.123 e. The average Bonchev–Trinajstić information content (AvgIpc) is 3.01. The summed E-state index contributed by atoms with van der Waals surface area (Å²) < 4.78 is 5.97. The van der Waals surface area contributed by atoms with Crippen molar-refractivity contribution < 1.29 is 9.84 Å². The number of hydrogen-bond donors (Lipinski definition) is 2. The second-order valence-electron chi connectivity index (χ2n) is 5.94. The molecule has 3 heteroatoms. The molecule has 0 amide bonds. The highest BCUT2D eigenvalue weighted by Crippen LogP contribution is 2.30. The molecule has 0 aromatic heterocycles. The molecule has 3 nitrogen and oxygen atoms in total. The van der Waals surface area contributed by atoms with Gasteiger partial charge in [-0.3, -0.25) is 0 Å². The molecule has 0 saturated heterocycles. The number of benzene rings is 1. The van der Waals surface area contributed by atoms with Crippen LogP contribution in [-0.4, -0.2) is 30.4 Å². The molecule has 0 spiro atoms. The van der Waals surface area contributed by atoms with Gasteiger partial charge in [-0.2, -0.15) is 0 Å². The number of fused-ring (bicyclic) bond motifs is 1. The van der Waals surface area contributed by atoms with Crippen LogP contribution >= 0.6 is 0 Å². The van der Waals surface area contributed by atoms with Crippen molar-refractivity contribution in [3.05, 3.63) is 29.3 Å². The zero-order valence-corrected chi connectivity index (χ0v) is 11.6. The highest BCUT2D eigenvalue weighted by Gasteiger charge is 2.28. The lowest BCUT2D eigenvalue weighted by Crippen LogP contribution is -2.40. The van der Waals surface area contributed by atoms with Crippen LogP contribution in [0.5, 0.6) is 5.75 Å². The number of aryl methyl sites for hydroxylation is 1. The minimum absolute atomic E-state index is 0.247. The molecule has 1 aliphatic heterocycles. The smallest absolute Gasteiger partial charge is 0.123 e. The number of hydrogen-bond acceptors (Lipinski definition) is 3. The summed E-state index contributed by atoms with van der Waals surface area (Å²) >= 11 is 0. The Kier molecular flexibility index (Phi) is 3.76. The van der Waals surface area contributed by atoms with Crippen molar-refractivity contribution >= 4 is 0 Å².